The molecule has 0 unspecified atom stereocenters. The summed E-state index contributed by atoms with van der Waals surface area (Å²) in [5, 5.41) is 8.91. The van der Waals surface area contributed by atoms with Gasteiger partial charge in [-0.25, -0.2) is 14.8 Å². The van der Waals surface area contributed by atoms with Crippen molar-refractivity contribution in [2.45, 2.75) is 20.8 Å². The molecule has 0 aliphatic heterocycles. The Kier molecular flexibility index (Phi) is 2.67. The van der Waals surface area contributed by atoms with Gasteiger partial charge in [-0.3, -0.25) is 4.57 Å². The van der Waals surface area contributed by atoms with Gasteiger partial charge in [0.05, 0.1) is 11.3 Å². The normalized spacial score (nSPS) is 10.5. The topological polar surface area (TPSA) is 68.0 Å². The third-order valence-electron chi connectivity index (χ3n) is 2.67. The molecule has 0 aliphatic carbocycles. The maximum atomic E-state index is 10.9. The number of aryl methyl sites for hydroxylation is 3. The molecule has 5 nitrogen and oxygen atoms in total. The van der Waals surface area contributed by atoms with Crippen molar-refractivity contribution >= 4 is 5.97 Å². The summed E-state index contributed by atoms with van der Waals surface area (Å²) in [6.07, 6.45) is 1.35. The quantitative estimate of drug-likeness (QED) is 0.857. The van der Waals surface area contributed by atoms with Crippen LogP contribution in [0.4, 0.5) is 0 Å². The van der Waals surface area contributed by atoms with Crippen LogP contribution in [0.1, 0.15) is 27.4 Å². The van der Waals surface area contributed by atoms with Gasteiger partial charge < -0.3 is 5.11 Å². The Balaban J connectivity index is 2.56. The zero-order valence-corrected chi connectivity index (χ0v) is 9.93. The average molecular weight is 231 g/mol. The Labute approximate surface area is 98.8 Å². The fourth-order valence-electron chi connectivity index (χ4n) is 1.76. The summed E-state index contributed by atoms with van der Waals surface area (Å²) in [7, 11) is 0. The molecule has 0 amide bonds. The third-order valence-corrected chi connectivity index (χ3v) is 2.67. The van der Waals surface area contributed by atoms with Crippen LogP contribution in [-0.2, 0) is 0 Å². The molecule has 0 fully saturated rings. The lowest BCUT2D eigenvalue weighted by atomic mass is 10.2. The molecule has 2 aromatic rings. The van der Waals surface area contributed by atoms with Crippen molar-refractivity contribution in [2.24, 2.45) is 0 Å². The fourth-order valence-corrected chi connectivity index (χ4v) is 1.76. The summed E-state index contributed by atoms with van der Waals surface area (Å²) >= 11 is 0. The summed E-state index contributed by atoms with van der Waals surface area (Å²) in [5.41, 5.74) is 2.64. The molecule has 1 N–H and O–H groups in total. The van der Waals surface area contributed by atoms with E-state index in [4.69, 9.17) is 5.11 Å². The molecule has 0 saturated carbocycles. The molecule has 0 spiro atoms. The van der Waals surface area contributed by atoms with Crippen molar-refractivity contribution in [1.82, 2.24) is 14.5 Å². The SMILES string of the molecule is Cc1nc(-n2c(C)ccc2C)ncc1C(=O)O. The van der Waals surface area contributed by atoms with Crippen LogP contribution in [0.3, 0.4) is 0 Å². The van der Waals surface area contributed by atoms with E-state index >= 15 is 0 Å². The molecule has 2 aromatic heterocycles. The van der Waals surface area contributed by atoms with Gasteiger partial charge in [0, 0.05) is 17.6 Å². The van der Waals surface area contributed by atoms with Gasteiger partial charge >= 0.3 is 5.97 Å². The van der Waals surface area contributed by atoms with Gasteiger partial charge in [0.25, 0.3) is 0 Å². The molecule has 88 valence electrons. The van der Waals surface area contributed by atoms with E-state index in [0.29, 0.717) is 11.6 Å². The number of carboxylic acid groups (broad SMARTS) is 1. The van der Waals surface area contributed by atoms with Crippen LogP contribution in [0.5, 0.6) is 0 Å². The smallest absolute Gasteiger partial charge is 0.339 e. The molecule has 0 bridgehead atoms. The number of carbonyl (C=O) groups is 1. The van der Waals surface area contributed by atoms with Crippen LogP contribution in [0, 0.1) is 20.8 Å². The van der Waals surface area contributed by atoms with Gasteiger partial charge in [-0.15, -0.1) is 0 Å². The Morgan fingerprint density at radius 2 is 1.82 bits per heavy atom. The lowest BCUT2D eigenvalue weighted by Gasteiger charge is -2.08. The Hall–Kier alpha value is -2.17. The first-order chi connectivity index (χ1) is 8.00. The molecule has 0 aliphatic rings. The summed E-state index contributed by atoms with van der Waals surface area (Å²) < 4.78 is 1.89. The highest BCUT2D eigenvalue weighted by Crippen LogP contribution is 2.14. The number of aromatic nitrogens is 3. The minimum atomic E-state index is -1.00. The number of nitrogens with zero attached hydrogens (tertiary/aromatic N) is 3. The predicted octanol–water partition coefficient (Wildman–Crippen LogP) is 1.89. The number of hydrogen-bond donors (Lipinski definition) is 1. The van der Waals surface area contributed by atoms with Crippen LogP contribution in [0.2, 0.25) is 0 Å². The van der Waals surface area contributed by atoms with E-state index < -0.39 is 5.97 Å². The number of carboxylic acids is 1. The summed E-state index contributed by atoms with van der Waals surface area (Å²) in [4.78, 5) is 19.2. The fraction of sp³-hybridized carbons (Fsp3) is 0.250. The van der Waals surface area contributed by atoms with Gasteiger partial charge in [-0.2, -0.15) is 0 Å². The first-order valence-electron chi connectivity index (χ1n) is 5.23. The van der Waals surface area contributed by atoms with Gasteiger partial charge in [0.2, 0.25) is 5.95 Å². The van der Waals surface area contributed by atoms with E-state index in [1.165, 1.54) is 6.20 Å². The van der Waals surface area contributed by atoms with Crippen molar-refractivity contribution in [3.8, 4) is 5.95 Å². The van der Waals surface area contributed by atoms with E-state index in [2.05, 4.69) is 9.97 Å². The Bertz CT molecular complexity index is 568. The van der Waals surface area contributed by atoms with Crippen LogP contribution < -0.4 is 0 Å². The number of aromatic carboxylic acids is 1. The minimum absolute atomic E-state index is 0.135. The maximum Gasteiger partial charge on any atom is 0.339 e. The second kappa shape index (κ2) is 4.01. The van der Waals surface area contributed by atoms with E-state index in [0.717, 1.165) is 11.4 Å². The largest absolute Gasteiger partial charge is 0.478 e. The summed E-state index contributed by atoms with van der Waals surface area (Å²) in [6, 6.07) is 3.94. The zero-order valence-electron chi connectivity index (χ0n) is 9.93. The van der Waals surface area contributed by atoms with Crippen LogP contribution in [0.15, 0.2) is 18.3 Å². The molecular weight excluding hydrogens is 218 g/mol. The number of rotatable bonds is 2. The van der Waals surface area contributed by atoms with Crippen molar-refractivity contribution in [1.29, 1.82) is 0 Å². The third kappa shape index (κ3) is 1.91. The molecule has 2 rings (SSSR count). The van der Waals surface area contributed by atoms with Crippen molar-refractivity contribution in [2.75, 3.05) is 0 Å². The summed E-state index contributed by atoms with van der Waals surface area (Å²) in [6.45, 7) is 5.58. The predicted molar refractivity (Wildman–Crippen MR) is 62.5 cm³/mol. The highest BCUT2D eigenvalue weighted by Gasteiger charge is 2.12. The van der Waals surface area contributed by atoms with E-state index in [9.17, 15) is 4.79 Å². The second-order valence-corrected chi connectivity index (χ2v) is 3.93. The van der Waals surface area contributed by atoms with Crippen LogP contribution in [0.25, 0.3) is 5.95 Å². The summed E-state index contributed by atoms with van der Waals surface area (Å²) in [5.74, 6) is -0.498. The lowest BCUT2D eigenvalue weighted by Crippen LogP contribution is -2.09. The van der Waals surface area contributed by atoms with Gasteiger partial charge in [-0.05, 0) is 32.9 Å². The van der Waals surface area contributed by atoms with Gasteiger partial charge in [-0.1, -0.05) is 0 Å². The highest BCUT2D eigenvalue weighted by molar-refractivity contribution is 5.88. The first kappa shape index (κ1) is 11.3. The van der Waals surface area contributed by atoms with Crippen molar-refractivity contribution in [3.63, 3.8) is 0 Å². The van der Waals surface area contributed by atoms with Gasteiger partial charge in [0.1, 0.15) is 0 Å². The molecule has 2 heterocycles. The highest BCUT2D eigenvalue weighted by atomic mass is 16.4. The minimum Gasteiger partial charge on any atom is -0.478 e. The van der Waals surface area contributed by atoms with Crippen molar-refractivity contribution < 1.29 is 9.90 Å². The van der Waals surface area contributed by atoms with E-state index in [-0.39, 0.29) is 5.56 Å². The average Bonchev–Trinajstić information content (AvgIpc) is 2.58. The van der Waals surface area contributed by atoms with Crippen LogP contribution in [-0.4, -0.2) is 25.6 Å². The maximum absolute atomic E-state index is 10.9. The Morgan fingerprint density at radius 1 is 1.24 bits per heavy atom. The van der Waals surface area contributed by atoms with E-state index in [1.54, 1.807) is 6.92 Å². The molecule has 0 saturated heterocycles. The standard InChI is InChI=1S/C12H13N3O2/c1-7-4-5-8(2)15(7)12-13-6-10(11(16)17)9(3)14-12/h4-6H,1-3H3,(H,16,17). The number of hydrogen-bond acceptors (Lipinski definition) is 3. The lowest BCUT2D eigenvalue weighted by molar-refractivity contribution is 0.0695. The monoisotopic (exact) mass is 231 g/mol. The molecule has 0 aromatic carbocycles. The van der Waals surface area contributed by atoms with Crippen molar-refractivity contribution in [3.05, 3.63) is 41.0 Å². The Morgan fingerprint density at radius 3 is 2.29 bits per heavy atom. The second-order valence-electron chi connectivity index (χ2n) is 3.93. The van der Waals surface area contributed by atoms with Gasteiger partial charge in [0.15, 0.2) is 0 Å². The molecular formula is C12H13N3O2. The molecule has 0 radical (unpaired) electrons. The van der Waals surface area contributed by atoms with E-state index in [1.807, 2.05) is 30.5 Å². The van der Waals surface area contributed by atoms with Crippen LogP contribution >= 0.6 is 0 Å². The molecule has 17 heavy (non-hydrogen) atoms. The molecule has 0 atom stereocenters. The zero-order chi connectivity index (χ0) is 12.6. The first-order valence-corrected chi connectivity index (χ1v) is 5.23. The molecule has 5 heteroatoms.